The van der Waals surface area contributed by atoms with Crippen molar-refractivity contribution in [1.82, 2.24) is 9.13 Å². The number of aromatic nitrogens is 2. The Kier molecular flexibility index (Phi) is 3.17. The first-order chi connectivity index (χ1) is 6.09. The lowest BCUT2D eigenvalue weighted by Gasteiger charge is -2.00. The van der Waals surface area contributed by atoms with Gasteiger partial charge in [0.15, 0.2) is 0 Å². The Balaban J connectivity index is 3.06. The maximum atomic E-state index is 11.4. The molecule has 0 aliphatic carbocycles. The van der Waals surface area contributed by atoms with Gasteiger partial charge in [-0.3, -0.25) is 9.13 Å². The normalized spacial score (nSPS) is 10.8. The summed E-state index contributed by atoms with van der Waals surface area (Å²) < 4.78 is 3.01. The summed E-state index contributed by atoms with van der Waals surface area (Å²) in [5.41, 5.74) is 6.16. The molecule has 74 valence electrons. The van der Waals surface area contributed by atoms with E-state index in [1.165, 1.54) is 4.57 Å². The topological polar surface area (TPSA) is 52.9 Å². The van der Waals surface area contributed by atoms with Crippen LogP contribution in [0.1, 0.15) is 12.1 Å². The second-order valence-corrected chi connectivity index (χ2v) is 3.39. The van der Waals surface area contributed by atoms with Crippen LogP contribution in [0, 0.1) is 0 Å². The minimum absolute atomic E-state index is 0.0861. The summed E-state index contributed by atoms with van der Waals surface area (Å²) in [7, 11) is 3.39. The van der Waals surface area contributed by atoms with Crippen LogP contribution in [0.2, 0.25) is 5.15 Å². The first kappa shape index (κ1) is 10.3. The number of halogens is 1. The highest BCUT2D eigenvalue weighted by molar-refractivity contribution is 6.30. The minimum atomic E-state index is -0.0861. The van der Waals surface area contributed by atoms with Crippen molar-refractivity contribution in [3.05, 3.63) is 21.3 Å². The summed E-state index contributed by atoms with van der Waals surface area (Å²) in [6, 6.07) is 0. The smallest absolute Gasteiger partial charge is 0.328 e. The maximum absolute atomic E-state index is 11.4. The maximum Gasteiger partial charge on any atom is 0.328 e. The van der Waals surface area contributed by atoms with Crippen molar-refractivity contribution < 1.29 is 0 Å². The molecule has 0 atom stereocenters. The fourth-order valence-corrected chi connectivity index (χ4v) is 1.59. The van der Waals surface area contributed by atoms with Crippen LogP contribution in [0.4, 0.5) is 0 Å². The average Bonchev–Trinajstić information content (AvgIpc) is 2.30. The van der Waals surface area contributed by atoms with Crippen molar-refractivity contribution in [2.45, 2.75) is 12.8 Å². The number of rotatable bonds is 3. The predicted molar refractivity (Wildman–Crippen MR) is 53.0 cm³/mol. The SMILES string of the molecule is Cn1c(Cl)c(CCCN)n(C)c1=O. The number of hydrogen-bond donors (Lipinski definition) is 1. The van der Waals surface area contributed by atoms with Gasteiger partial charge in [0.1, 0.15) is 5.15 Å². The molecular formula is C8H14ClN3O. The molecule has 2 N–H and O–H groups in total. The Bertz CT molecular complexity index is 353. The van der Waals surface area contributed by atoms with Crippen LogP contribution in [-0.4, -0.2) is 15.7 Å². The molecule has 0 saturated heterocycles. The summed E-state index contributed by atoms with van der Waals surface area (Å²) in [6.45, 7) is 0.611. The molecule has 1 rings (SSSR count). The molecule has 0 amide bonds. The van der Waals surface area contributed by atoms with Crippen molar-refractivity contribution in [2.75, 3.05) is 6.54 Å². The zero-order valence-corrected chi connectivity index (χ0v) is 8.64. The number of imidazole rings is 1. The van der Waals surface area contributed by atoms with E-state index in [4.69, 9.17) is 17.3 Å². The molecule has 0 fully saturated rings. The lowest BCUT2D eigenvalue weighted by molar-refractivity contribution is 0.724. The van der Waals surface area contributed by atoms with Gasteiger partial charge < -0.3 is 5.73 Å². The van der Waals surface area contributed by atoms with Gasteiger partial charge in [-0.15, -0.1) is 0 Å². The third kappa shape index (κ3) is 1.78. The molecular weight excluding hydrogens is 190 g/mol. The molecule has 4 nitrogen and oxygen atoms in total. The van der Waals surface area contributed by atoms with Gasteiger partial charge in [0.25, 0.3) is 0 Å². The van der Waals surface area contributed by atoms with Crippen molar-refractivity contribution in [3.8, 4) is 0 Å². The van der Waals surface area contributed by atoms with E-state index in [9.17, 15) is 4.79 Å². The number of nitrogens with two attached hydrogens (primary N) is 1. The fraction of sp³-hybridized carbons (Fsp3) is 0.625. The molecule has 0 aliphatic rings. The first-order valence-corrected chi connectivity index (χ1v) is 4.57. The summed E-state index contributed by atoms with van der Waals surface area (Å²) in [6.07, 6.45) is 1.60. The lowest BCUT2D eigenvalue weighted by Crippen LogP contribution is -2.20. The fourth-order valence-electron chi connectivity index (χ4n) is 1.30. The summed E-state index contributed by atoms with van der Waals surface area (Å²) in [5, 5.41) is 0.515. The molecule has 0 radical (unpaired) electrons. The van der Waals surface area contributed by atoms with E-state index in [-0.39, 0.29) is 5.69 Å². The van der Waals surface area contributed by atoms with E-state index in [1.54, 1.807) is 18.7 Å². The highest BCUT2D eigenvalue weighted by atomic mass is 35.5. The molecule has 0 saturated carbocycles. The van der Waals surface area contributed by atoms with Gasteiger partial charge in [0, 0.05) is 14.1 Å². The Labute approximate surface area is 81.9 Å². The first-order valence-electron chi connectivity index (χ1n) is 4.19. The van der Waals surface area contributed by atoms with Crippen LogP contribution in [-0.2, 0) is 20.5 Å². The second-order valence-electron chi connectivity index (χ2n) is 3.03. The molecule has 1 aromatic heterocycles. The van der Waals surface area contributed by atoms with E-state index < -0.39 is 0 Å². The Hall–Kier alpha value is -0.740. The van der Waals surface area contributed by atoms with Crippen LogP contribution >= 0.6 is 11.6 Å². The highest BCUT2D eigenvalue weighted by Crippen LogP contribution is 2.13. The largest absolute Gasteiger partial charge is 0.330 e. The van der Waals surface area contributed by atoms with E-state index in [0.29, 0.717) is 11.7 Å². The molecule has 13 heavy (non-hydrogen) atoms. The van der Waals surface area contributed by atoms with Gasteiger partial charge in [-0.05, 0) is 19.4 Å². The van der Waals surface area contributed by atoms with E-state index in [2.05, 4.69) is 0 Å². The van der Waals surface area contributed by atoms with E-state index in [0.717, 1.165) is 18.5 Å². The Morgan fingerprint density at radius 3 is 2.38 bits per heavy atom. The molecule has 0 aromatic carbocycles. The molecule has 0 aliphatic heterocycles. The Morgan fingerprint density at radius 2 is 2.00 bits per heavy atom. The molecule has 1 aromatic rings. The van der Waals surface area contributed by atoms with Gasteiger partial charge in [-0.2, -0.15) is 0 Å². The highest BCUT2D eigenvalue weighted by Gasteiger charge is 2.11. The monoisotopic (exact) mass is 203 g/mol. The van der Waals surface area contributed by atoms with Gasteiger partial charge in [-0.1, -0.05) is 11.6 Å². The molecule has 1 heterocycles. The van der Waals surface area contributed by atoms with Crippen molar-refractivity contribution in [2.24, 2.45) is 19.8 Å². The predicted octanol–water partition coefficient (Wildman–Crippen LogP) is 0.269. The summed E-state index contributed by atoms with van der Waals surface area (Å²) in [4.78, 5) is 11.4. The van der Waals surface area contributed by atoms with Crippen LogP contribution < -0.4 is 11.4 Å². The van der Waals surface area contributed by atoms with Crippen LogP contribution in [0.3, 0.4) is 0 Å². The summed E-state index contributed by atoms with van der Waals surface area (Å²) >= 11 is 5.96. The second kappa shape index (κ2) is 3.98. The zero-order chi connectivity index (χ0) is 10.0. The Morgan fingerprint density at radius 1 is 1.38 bits per heavy atom. The molecule has 5 heteroatoms. The van der Waals surface area contributed by atoms with E-state index in [1.807, 2.05) is 0 Å². The zero-order valence-electron chi connectivity index (χ0n) is 7.88. The third-order valence-electron chi connectivity index (χ3n) is 2.13. The summed E-state index contributed by atoms with van der Waals surface area (Å²) in [5.74, 6) is 0. The lowest BCUT2D eigenvalue weighted by atomic mass is 10.2. The van der Waals surface area contributed by atoms with Gasteiger partial charge >= 0.3 is 5.69 Å². The quantitative estimate of drug-likeness (QED) is 0.767. The third-order valence-corrected chi connectivity index (χ3v) is 2.60. The average molecular weight is 204 g/mol. The number of nitrogens with zero attached hydrogens (tertiary/aromatic N) is 2. The van der Waals surface area contributed by atoms with Crippen molar-refractivity contribution in [3.63, 3.8) is 0 Å². The molecule has 0 spiro atoms. The van der Waals surface area contributed by atoms with Crippen LogP contribution in [0.15, 0.2) is 4.79 Å². The van der Waals surface area contributed by atoms with Crippen LogP contribution in [0.25, 0.3) is 0 Å². The van der Waals surface area contributed by atoms with Crippen LogP contribution in [0.5, 0.6) is 0 Å². The minimum Gasteiger partial charge on any atom is -0.330 e. The standard InChI is InChI=1S/C8H14ClN3O/c1-11-6(4-3-5-10)7(9)12(2)8(11)13/h3-5,10H2,1-2H3. The van der Waals surface area contributed by atoms with Gasteiger partial charge in [0.05, 0.1) is 5.69 Å². The van der Waals surface area contributed by atoms with Crippen molar-refractivity contribution >= 4 is 11.6 Å². The number of hydrogen-bond acceptors (Lipinski definition) is 2. The van der Waals surface area contributed by atoms with E-state index >= 15 is 0 Å². The molecule has 0 bridgehead atoms. The van der Waals surface area contributed by atoms with Gasteiger partial charge in [0.2, 0.25) is 0 Å². The van der Waals surface area contributed by atoms with Crippen molar-refractivity contribution in [1.29, 1.82) is 0 Å². The van der Waals surface area contributed by atoms with Gasteiger partial charge in [-0.25, -0.2) is 4.79 Å². The molecule has 0 unspecified atom stereocenters.